The van der Waals surface area contributed by atoms with E-state index in [0.29, 0.717) is 17.5 Å². The monoisotopic (exact) mass is 341 g/mol. The van der Waals surface area contributed by atoms with Crippen LogP contribution >= 0.6 is 0 Å². The highest BCUT2D eigenvalue weighted by Gasteiger charge is 2.61. The van der Waals surface area contributed by atoms with Crippen molar-refractivity contribution in [1.82, 2.24) is 0 Å². The van der Waals surface area contributed by atoms with Crippen molar-refractivity contribution in [3.63, 3.8) is 0 Å². The van der Waals surface area contributed by atoms with Gasteiger partial charge in [0.25, 0.3) is 0 Å². The van der Waals surface area contributed by atoms with Crippen LogP contribution in [0.4, 0.5) is 5.69 Å². The zero-order valence-corrected chi connectivity index (χ0v) is 13.9. The van der Waals surface area contributed by atoms with Crippen LogP contribution in [0.15, 0.2) is 24.3 Å². The molecule has 0 unspecified atom stereocenters. The standard InChI is InChI=1S/C19H19NO5/c1-10(21)9-25-19(24)13-3-2-4-14(8-13)20-17(22)15-11-5-6-12(7-11)16(15)18(20)23/h2-4,8,11-12,15-16H,5-7,9H2,1H3/t11-,12-,15+,16+/m0/s1. The topological polar surface area (TPSA) is 80.8 Å². The van der Waals surface area contributed by atoms with Crippen LogP contribution in [0, 0.1) is 23.7 Å². The summed E-state index contributed by atoms with van der Waals surface area (Å²) in [4.78, 5) is 49.9. The second-order valence-corrected chi connectivity index (χ2v) is 7.23. The van der Waals surface area contributed by atoms with Crippen molar-refractivity contribution < 1.29 is 23.9 Å². The third-order valence-electron chi connectivity index (χ3n) is 5.67. The number of benzene rings is 1. The Bertz CT molecular complexity index is 758. The van der Waals surface area contributed by atoms with Crippen LogP contribution in [-0.4, -0.2) is 30.2 Å². The van der Waals surface area contributed by atoms with Crippen molar-refractivity contribution in [1.29, 1.82) is 0 Å². The van der Waals surface area contributed by atoms with Crippen molar-refractivity contribution >= 4 is 29.3 Å². The normalized spacial score (nSPS) is 29.9. The third-order valence-corrected chi connectivity index (χ3v) is 5.67. The summed E-state index contributed by atoms with van der Waals surface area (Å²) in [7, 11) is 0. The molecule has 2 amide bonds. The number of anilines is 1. The zero-order valence-electron chi connectivity index (χ0n) is 13.9. The van der Waals surface area contributed by atoms with E-state index in [1.54, 1.807) is 18.2 Å². The highest BCUT2D eigenvalue weighted by molar-refractivity contribution is 6.22. The van der Waals surface area contributed by atoms with Crippen molar-refractivity contribution in [2.45, 2.75) is 26.2 Å². The lowest BCUT2D eigenvalue weighted by molar-refractivity contribution is -0.123. The molecule has 1 heterocycles. The Labute approximate surface area is 145 Å². The summed E-state index contributed by atoms with van der Waals surface area (Å²) >= 11 is 0. The number of amides is 2. The van der Waals surface area contributed by atoms with Crippen LogP contribution in [0.2, 0.25) is 0 Å². The number of carbonyl (C=O) groups excluding carboxylic acids is 4. The number of fused-ring (bicyclic) bond motifs is 5. The van der Waals surface area contributed by atoms with Gasteiger partial charge in [0.15, 0.2) is 5.78 Å². The molecule has 0 aromatic heterocycles. The minimum Gasteiger partial charge on any atom is -0.454 e. The fraction of sp³-hybridized carbons (Fsp3) is 0.474. The molecule has 2 bridgehead atoms. The predicted molar refractivity (Wildman–Crippen MR) is 87.7 cm³/mol. The molecule has 3 fully saturated rings. The number of hydrogen-bond acceptors (Lipinski definition) is 5. The Morgan fingerprint density at radius 1 is 1.12 bits per heavy atom. The van der Waals surface area contributed by atoms with E-state index in [-0.39, 0.29) is 41.6 Å². The molecule has 1 aromatic rings. The molecule has 6 nitrogen and oxygen atoms in total. The molecule has 25 heavy (non-hydrogen) atoms. The molecule has 6 heteroatoms. The highest BCUT2D eigenvalue weighted by Crippen LogP contribution is 2.56. The van der Waals surface area contributed by atoms with E-state index >= 15 is 0 Å². The van der Waals surface area contributed by atoms with Gasteiger partial charge < -0.3 is 4.74 Å². The van der Waals surface area contributed by atoms with Crippen LogP contribution in [0.5, 0.6) is 0 Å². The summed E-state index contributed by atoms with van der Waals surface area (Å²) in [6, 6.07) is 6.30. The molecule has 0 spiro atoms. The van der Waals surface area contributed by atoms with Crippen LogP contribution in [0.25, 0.3) is 0 Å². The fourth-order valence-electron chi connectivity index (χ4n) is 4.69. The predicted octanol–water partition coefficient (Wildman–Crippen LogP) is 1.97. The summed E-state index contributed by atoms with van der Waals surface area (Å²) in [5.41, 5.74) is 0.625. The summed E-state index contributed by atoms with van der Waals surface area (Å²) < 4.78 is 4.90. The Hall–Kier alpha value is -2.50. The number of Topliss-reactive ketones (excluding diaryl/α,β-unsaturated/α-hetero) is 1. The molecule has 3 aliphatic rings. The molecule has 1 saturated heterocycles. The lowest BCUT2D eigenvalue weighted by Gasteiger charge is -2.19. The minimum atomic E-state index is -0.642. The first kappa shape index (κ1) is 16.0. The maximum absolute atomic E-state index is 12.8. The van der Waals surface area contributed by atoms with Crippen LogP contribution in [0.1, 0.15) is 36.5 Å². The second kappa shape index (κ2) is 5.79. The number of imide groups is 1. The van der Waals surface area contributed by atoms with Crippen LogP contribution < -0.4 is 4.90 Å². The lowest BCUT2D eigenvalue weighted by Crippen LogP contribution is -2.32. The van der Waals surface area contributed by atoms with E-state index in [2.05, 4.69) is 0 Å². The fourth-order valence-corrected chi connectivity index (χ4v) is 4.69. The second-order valence-electron chi connectivity index (χ2n) is 7.23. The molecule has 4 rings (SSSR count). The van der Waals surface area contributed by atoms with Crippen LogP contribution in [-0.2, 0) is 19.1 Å². The summed E-state index contributed by atoms with van der Waals surface area (Å²) in [6.07, 6.45) is 3.03. The van der Waals surface area contributed by atoms with Crippen molar-refractivity contribution in [3.8, 4) is 0 Å². The zero-order chi connectivity index (χ0) is 17.7. The summed E-state index contributed by atoms with van der Waals surface area (Å²) in [5.74, 6) is -0.929. The summed E-state index contributed by atoms with van der Waals surface area (Å²) in [6.45, 7) is 1.04. The SMILES string of the molecule is CC(=O)COC(=O)c1cccc(N2C(=O)[C@@H]3[C@H]4CC[C@@H](C4)[C@H]3C2=O)c1. The Morgan fingerprint density at radius 2 is 1.76 bits per heavy atom. The number of hydrogen-bond donors (Lipinski definition) is 0. The smallest absolute Gasteiger partial charge is 0.338 e. The van der Waals surface area contributed by atoms with E-state index < -0.39 is 5.97 Å². The molecular weight excluding hydrogens is 322 g/mol. The molecule has 1 aliphatic heterocycles. The third kappa shape index (κ3) is 2.47. The number of carbonyl (C=O) groups is 4. The molecule has 1 aromatic carbocycles. The van der Waals surface area contributed by atoms with Gasteiger partial charge in [0.1, 0.15) is 6.61 Å². The number of ketones is 1. The molecule has 130 valence electrons. The molecule has 2 saturated carbocycles. The van der Waals surface area contributed by atoms with Gasteiger partial charge in [-0.3, -0.25) is 19.3 Å². The lowest BCUT2D eigenvalue weighted by atomic mass is 9.81. The van der Waals surface area contributed by atoms with E-state index in [4.69, 9.17) is 4.74 Å². The largest absolute Gasteiger partial charge is 0.454 e. The average Bonchev–Trinajstić information content (AvgIpc) is 3.26. The number of esters is 1. The van der Waals surface area contributed by atoms with Gasteiger partial charge in [-0.1, -0.05) is 6.07 Å². The first-order valence-corrected chi connectivity index (χ1v) is 8.62. The number of rotatable bonds is 4. The van der Waals surface area contributed by atoms with Gasteiger partial charge >= 0.3 is 5.97 Å². The van der Waals surface area contributed by atoms with Crippen molar-refractivity contribution in [3.05, 3.63) is 29.8 Å². The van der Waals surface area contributed by atoms with E-state index in [9.17, 15) is 19.2 Å². The Morgan fingerprint density at radius 3 is 2.36 bits per heavy atom. The van der Waals surface area contributed by atoms with Crippen LogP contribution in [0.3, 0.4) is 0 Å². The van der Waals surface area contributed by atoms with Crippen molar-refractivity contribution in [2.24, 2.45) is 23.7 Å². The molecule has 0 N–H and O–H groups in total. The quantitative estimate of drug-likeness (QED) is 0.618. The molecule has 2 aliphatic carbocycles. The molecule has 4 atom stereocenters. The van der Waals surface area contributed by atoms with Gasteiger partial charge in [0.2, 0.25) is 11.8 Å². The van der Waals surface area contributed by atoms with E-state index in [1.807, 2.05) is 0 Å². The average molecular weight is 341 g/mol. The van der Waals surface area contributed by atoms with E-state index in [1.165, 1.54) is 17.9 Å². The molecular formula is C19H19NO5. The van der Waals surface area contributed by atoms with Gasteiger partial charge in [-0.25, -0.2) is 4.79 Å². The van der Waals surface area contributed by atoms with Gasteiger partial charge in [-0.15, -0.1) is 0 Å². The van der Waals surface area contributed by atoms with Gasteiger partial charge in [0, 0.05) is 0 Å². The first-order chi connectivity index (χ1) is 12.0. The van der Waals surface area contributed by atoms with Gasteiger partial charge in [-0.2, -0.15) is 0 Å². The van der Waals surface area contributed by atoms with E-state index in [0.717, 1.165) is 19.3 Å². The van der Waals surface area contributed by atoms with Gasteiger partial charge in [-0.05, 0) is 56.2 Å². The maximum Gasteiger partial charge on any atom is 0.338 e. The van der Waals surface area contributed by atoms with Crippen molar-refractivity contribution in [2.75, 3.05) is 11.5 Å². The molecule has 0 radical (unpaired) electrons. The first-order valence-electron chi connectivity index (χ1n) is 8.62. The Kier molecular flexibility index (Phi) is 3.71. The maximum atomic E-state index is 12.8. The van der Waals surface area contributed by atoms with Gasteiger partial charge in [0.05, 0.1) is 23.1 Å². The number of ether oxygens (including phenoxy) is 1. The highest BCUT2D eigenvalue weighted by atomic mass is 16.5. The minimum absolute atomic E-state index is 0.142. The number of nitrogens with zero attached hydrogens (tertiary/aromatic N) is 1. The Balaban J connectivity index is 1.59. The summed E-state index contributed by atoms with van der Waals surface area (Å²) in [5, 5.41) is 0.